The van der Waals surface area contributed by atoms with Gasteiger partial charge < -0.3 is 4.98 Å². The molecule has 0 aliphatic heterocycles. The average Bonchev–Trinajstić information content (AvgIpc) is 3.49. The van der Waals surface area contributed by atoms with Gasteiger partial charge in [-0.05, 0) is 96.6 Å². The van der Waals surface area contributed by atoms with E-state index >= 15 is 0 Å². The van der Waals surface area contributed by atoms with Crippen LogP contribution in [-0.4, -0.2) is 10.8 Å². The zero-order chi connectivity index (χ0) is 38.2. The van der Waals surface area contributed by atoms with E-state index < -0.39 is 0 Å². The van der Waals surface area contributed by atoms with Gasteiger partial charge in [-0.1, -0.05) is 166 Å². The van der Waals surface area contributed by atoms with Crippen molar-refractivity contribution < 1.29 is 0 Å². The smallest absolute Gasteiger partial charge is 0.154 e. The van der Waals surface area contributed by atoms with E-state index in [1.165, 1.54) is 33.4 Å². The number of nitriles is 1. The number of hydrogen-bond donors (Lipinski definition) is 2. The molecule has 0 unspecified atom stereocenters. The van der Waals surface area contributed by atoms with Crippen molar-refractivity contribution in [3.63, 3.8) is 0 Å². The highest BCUT2D eigenvalue weighted by molar-refractivity contribution is 5.97. The monoisotopic (exact) mass is 718 g/mol. The number of benzene rings is 7. The Morgan fingerprint density at radius 3 is 1.54 bits per heavy atom. The summed E-state index contributed by atoms with van der Waals surface area (Å²) in [5.74, 6) is 0.194. The molecule has 2 N–H and O–H groups in total. The maximum Gasteiger partial charge on any atom is 0.154 e. The molecule has 0 fully saturated rings. The third-order valence-corrected chi connectivity index (χ3v) is 11.1. The fraction of sp³-hybridized carbons (Fsp3) is 0.0577. The van der Waals surface area contributed by atoms with Gasteiger partial charge in [0.2, 0.25) is 0 Å². The molecule has 266 valence electrons. The molecule has 1 aliphatic carbocycles. The van der Waals surface area contributed by atoms with Gasteiger partial charge in [0, 0.05) is 22.7 Å². The Balaban J connectivity index is 0.920. The second kappa shape index (κ2) is 14.1. The quantitative estimate of drug-likeness (QED) is 0.130. The van der Waals surface area contributed by atoms with Crippen LogP contribution >= 0.6 is 0 Å². The van der Waals surface area contributed by atoms with Crippen molar-refractivity contribution in [2.24, 2.45) is 4.99 Å². The predicted molar refractivity (Wildman–Crippen MR) is 229 cm³/mol. The number of rotatable bonds is 6. The summed E-state index contributed by atoms with van der Waals surface area (Å²) in [7, 11) is 0. The van der Waals surface area contributed by atoms with Gasteiger partial charge in [-0.15, -0.1) is 0 Å². The van der Waals surface area contributed by atoms with E-state index in [-0.39, 0.29) is 11.3 Å². The molecular formula is C52H38N4. The largest absolute Gasteiger partial charge is 0.345 e. The number of H-pyrrole nitrogens is 1. The molecule has 4 nitrogen and oxygen atoms in total. The molecule has 0 radical (unpaired) electrons. The number of nitrogens with one attached hydrogen (secondary N) is 2. The second-order valence-corrected chi connectivity index (χ2v) is 14.8. The number of hydrogen-bond acceptors (Lipinski definition) is 2. The molecule has 9 rings (SSSR count). The maximum absolute atomic E-state index is 9.48. The first kappa shape index (κ1) is 34.4. The lowest BCUT2D eigenvalue weighted by atomic mass is 9.81. The summed E-state index contributed by atoms with van der Waals surface area (Å²) in [5, 5.41) is 18.4. The van der Waals surface area contributed by atoms with Crippen molar-refractivity contribution in [2.45, 2.75) is 19.3 Å². The van der Waals surface area contributed by atoms with Crippen LogP contribution in [0.4, 0.5) is 0 Å². The molecule has 4 heteroatoms. The minimum atomic E-state index is -0.173. The van der Waals surface area contributed by atoms with Gasteiger partial charge in [-0.3, -0.25) is 5.41 Å². The van der Waals surface area contributed by atoms with Crippen molar-refractivity contribution in [1.29, 1.82) is 10.7 Å². The lowest BCUT2D eigenvalue weighted by Gasteiger charge is -2.22. The predicted octanol–water partition coefficient (Wildman–Crippen LogP) is 12.5. The highest BCUT2D eigenvalue weighted by atomic mass is 14.9. The molecule has 7 aromatic carbocycles. The Labute approximate surface area is 327 Å². The minimum Gasteiger partial charge on any atom is -0.345 e. The van der Waals surface area contributed by atoms with Crippen LogP contribution < -0.4 is 5.49 Å². The van der Waals surface area contributed by atoms with Gasteiger partial charge in [0.1, 0.15) is 5.49 Å². The van der Waals surface area contributed by atoms with Crippen molar-refractivity contribution >= 4 is 5.84 Å². The summed E-state index contributed by atoms with van der Waals surface area (Å²) in [4.78, 5) is 8.14. The first-order valence-electron chi connectivity index (χ1n) is 18.8. The van der Waals surface area contributed by atoms with Crippen molar-refractivity contribution in [3.05, 3.63) is 210 Å². The Bertz CT molecular complexity index is 2860. The van der Waals surface area contributed by atoms with E-state index in [0.717, 1.165) is 50.1 Å². The lowest BCUT2D eigenvalue weighted by Crippen LogP contribution is -2.15. The summed E-state index contributed by atoms with van der Waals surface area (Å²) in [6.45, 7) is 4.50. The summed E-state index contributed by atoms with van der Waals surface area (Å²) >= 11 is 0. The normalized spacial score (nSPS) is 12.8. The summed E-state index contributed by atoms with van der Waals surface area (Å²) < 4.78 is 0. The molecular weight excluding hydrogens is 681 g/mol. The van der Waals surface area contributed by atoms with Crippen LogP contribution in [0.25, 0.3) is 66.8 Å². The van der Waals surface area contributed by atoms with E-state index in [1.807, 2.05) is 66.9 Å². The van der Waals surface area contributed by atoms with E-state index in [2.05, 4.69) is 140 Å². The number of nitrogens with zero attached hydrogens (tertiary/aromatic N) is 2. The molecule has 0 saturated heterocycles. The number of fused-ring (bicyclic) bond motifs is 3. The zero-order valence-corrected chi connectivity index (χ0v) is 31.2. The fourth-order valence-electron chi connectivity index (χ4n) is 7.91. The number of pyridine rings is 1. The molecule has 0 bridgehead atoms. The molecule has 0 atom stereocenters. The van der Waals surface area contributed by atoms with E-state index in [9.17, 15) is 5.26 Å². The van der Waals surface area contributed by atoms with Gasteiger partial charge in [0.25, 0.3) is 0 Å². The summed E-state index contributed by atoms with van der Waals surface area (Å²) in [6, 6.07) is 63.2. The third-order valence-electron chi connectivity index (χ3n) is 11.1. The van der Waals surface area contributed by atoms with Gasteiger partial charge in [-0.25, -0.2) is 4.99 Å². The van der Waals surface area contributed by atoms with Crippen LogP contribution in [0.15, 0.2) is 187 Å². The van der Waals surface area contributed by atoms with Crippen LogP contribution in [-0.2, 0) is 5.41 Å². The first-order valence-corrected chi connectivity index (χ1v) is 18.8. The van der Waals surface area contributed by atoms with Crippen molar-refractivity contribution in [2.75, 3.05) is 0 Å². The van der Waals surface area contributed by atoms with Crippen LogP contribution in [0.3, 0.4) is 0 Å². The van der Waals surface area contributed by atoms with E-state index in [0.29, 0.717) is 11.1 Å². The minimum absolute atomic E-state index is 0.173. The third kappa shape index (κ3) is 6.36. The van der Waals surface area contributed by atoms with E-state index in [4.69, 9.17) is 10.4 Å². The summed E-state index contributed by atoms with van der Waals surface area (Å²) in [6.07, 6.45) is 1.96. The molecule has 8 aromatic rings. The maximum atomic E-state index is 9.48. The molecule has 56 heavy (non-hydrogen) atoms. The van der Waals surface area contributed by atoms with Gasteiger partial charge in [0.05, 0.1) is 11.6 Å². The summed E-state index contributed by atoms with van der Waals surface area (Å²) in [5.41, 5.74) is 17.9. The highest BCUT2D eigenvalue weighted by Crippen LogP contribution is 2.50. The molecule has 0 amide bonds. The molecule has 1 aromatic heterocycles. The van der Waals surface area contributed by atoms with Gasteiger partial charge in [-0.2, -0.15) is 5.26 Å². The van der Waals surface area contributed by atoms with Gasteiger partial charge >= 0.3 is 0 Å². The van der Waals surface area contributed by atoms with Crippen LogP contribution in [0.2, 0.25) is 0 Å². The standard InChI is InChI=1S/C52H38N4/c1-52(2)48-29-34(32-53)13-27-45(48)46-28-26-43(31-49(46)52)40-20-18-38(19-21-40)36-14-16-37(17-15-36)39-22-24-42(25-23-39)50(54)56-51-47(41-11-7-4-8-12-41)30-44(33-55-51)35-9-5-3-6-10-35/h3-31,33H,1-2H3,(H2,54,55,56). The molecule has 1 heterocycles. The number of aromatic nitrogens is 1. The lowest BCUT2D eigenvalue weighted by molar-refractivity contribution is 0.660. The molecule has 0 spiro atoms. The Kier molecular flexibility index (Phi) is 8.69. The van der Waals surface area contributed by atoms with Crippen LogP contribution in [0.5, 0.6) is 0 Å². The highest BCUT2D eigenvalue weighted by Gasteiger charge is 2.35. The van der Waals surface area contributed by atoms with Crippen molar-refractivity contribution in [1.82, 2.24) is 4.98 Å². The van der Waals surface area contributed by atoms with Gasteiger partial charge in [0.15, 0.2) is 5.84 Å². The Morgan fingerprint density at radius 2 is 0.964 bits per heavy atom. The van der Waals surface area contributed by atoms with Crippen molar-refractivity contribution in [3.8, 4) is 72.8 Å². The average molecular weight is 719 g/mol. The zero-order valence-electron chi connectivity index (χ0n) is 31.2. The van der Waals surface area contributed by atoms with E-state index in [1.54, 1.807) is 0 Å². The molecule has 0 saturated carbocycles. The fourth-order valence-corrected chi connectivity index (χ4v) is 7.91. The Hall–Kier alpha value is -7.35. The SMILES string of the molecule is CC1(C)c2cc(C#N)ccc2-c2ccc(-c3ccc(-c4ccc(-c5ccc(C(=N)N=c6[nH]cc(-c7ccccc7)cc6-c6ccccc6)cc5)cc4)cc3)cc21. The number of aromatic amines is 1. The first-order chi connectivity index (χ1) is 27.4. The number of amidine groups is 1. The van der Waals surface area contributed by atoms with Crippen LogP contribution in [0, 0.1) is 16.7 Å². The topological polar surface area (TPSA) is 75.8 Å². The molecule has 1 aliphatic rings. The van der Waals surface area contributed by atoms with Crippen LogP contribution in [0.1, 0.15) is 36.1 Å². The second-order valence-electron chi connectivity index (χ2n) is 14.8. The Morgan fingerprint density at radius 1 is 0.500 bits per heavy atom.